The molecule has 16 heavy (non-hydrogen) atoms. The van der Waals surface area contributed by atoms with Crippen LogP contribution < -0.4 is 5.32 Å². The minimum atomic E-state index is 0.708. The number of anilines is 1. The number of hydrogen-bond acceptors (Lipinski definition) is 5. The molecule has 0 fully saturated rings. The van der Waals surface area contributed by atoms with Crippen LogP contribution in [0, 0.1) is 0 Å². The lowest BCUT2D eigenvalue weighted by atomic mass is 10.2. The average Bonchev–Trinajstić information content (AvgIpc) is 2.94. The van der Waals surface area contributed by atoms with Gasteiger partial charge in [0, 0.05) is 24.0 Å². The van der Waals surface area contributed by atoms with E-state index in [0.717, 1.165) is 21.7 Å². The summed E-state index contributed by atoms with van der Waals surface area (Å²) in [6.07, 6.45) is 1.70. The van der Waals surface area contributed by atoms with Crippen LogP contribution in [0.25, 0.3) is 22.4 Å². The maximum absolute atomic E-state index is 5.45. The molecule has 1 aromatic carbocycles. The van der Waals surface area contributed by atoms with E-state index in [-0.39, 0.29) is 0 Å². The Labute approximate surface area is 96.1 Å². The van der Waals surface area contributed by atoms with Crippen LogP contribution in [0.1, 0.15) is 0 Å². The first kappa shape index (κ1) is 9.35. The number of rotatable bonds is 2. The lowest BCUT2D eigenvalue weighted by Crippen LogP contribution is -1.85. The van der Waals surface area contributed by atoms with Gasteiger partial charge >= 0.3 is 0 Å². The third-order valence-corrected chi connectivity index (χ3v) is 3.09. The van der Waals surface area contributed by atoms with E-state index in [0.29, 0.717) is 5.82 Å². The molecular weight excluding hydrogens is 222 g/mol. The Kier molecular flexibility index (Phi) is 2.11. The van der Waals surface area contributed by atoms with E-state index in [2.05, 4.69) is 14.7 Å². The van der Waals surface area contributed by atoms with Crippen molar-refractivity contribution in [2.45, 2.75) is 0 Å². The molecule has 80 valence electrons. The van der Waals surface area contributed by atoms with Crippen LogP contribution in [0.2, 0.25) is 0 Å². The van der Waals surface area contributed by atoms with Crippen molar-refractivity contribution in [3.63, 3.8) is 0 Å². The monoisotopic (exact) mass is 231 g/mol. The lowest BCUT2D eigenvalue weighted by molar-refractivity contribution is 0.616. The van der Waals surface area contributed by atoms with Gasteiger partial charge in [-0.3, -0.25) is 0 Å². The number of nitrogens with zero attached hydrogens (tertiary/aromatic N) is 2. The average molecular weight is 231 g/mol. The van der Waals surface area contributed by atoms with Gasteiger partial charge in [0.2, 0.25) is 5.13 Å². The van der Waals surface area contributed by atoms with Crippen LogP contribution in [0.5, 0.6) is 0 Å². The van der Waals surface area contributed by atoms with Crippen molar-refractivity contribution in [2.75, 3.05) is 12.4 Å². The zero-order chi connectivity index (χ0) is 11.0. The van der Waals surface area contributed by atoms with Gasteiger partial charge in [0.15, 0.2) is 5.82 Å². The van der Waals surface area contributed by atoms with Crippen LogP contribution in [0.4, 0.5) is 5.13 Å². The number of benzene rings is 1. The van der Waals surface area contributed by atoms with Crippen LogP contribution >= 0.6 is 11.5 Å². The zero-order valence-electron chi connectivity index (χ0n) is 8.60. The molecule has 0 spiro atoms. The molecule has 0 aliphatic heterocycles. The molecule has 5 heteroatoms. The Morgan fingerprint density at radius 1 is 1.31 bits per heavy atom. The molecule has 0 saturated carbocycles. The normalized spacial score (nSPS) is 10.8. The van der Waals surface area contributed by atoms with Gasteiger partial charge in [0.05, 0.1) is 5.56 Å². The van der Waals surface area contributed by atoms with Crippen molar-refractivity contribution in [1.29, 1.82) is 0 Å². The molecule has 3 aromatic rings. The van der Waals surface area contributed by atoms with Crippen LogP contribution in [-0.2, 0) is 0 Å². The summed E-state index contributed by atoms with van der Waals surface area (Å²) in [5.41, 5.74) is 1.80. The van der Waals surface area contributed by atoms with Crippen molar-refractivity contribution in [1.82, 2.24) is 9.36 Å². The third kappa shape index (κ3) is 1.37. The molecule has 4 nitrogen and oxygen atoms in total. The largest absolute Gasteiger partial charge is 0.464 e. The van der Waals surface area contributed by atoms with E-state index in [1.165, 1.54) is 11.5 Å². The Morgan fingerprint density at radius 2 is 2.19 bits per heavy atom. The van der Waals surface area contributed by atoms with E-state index < -0.39 is 0 Å². The van der Waals surface area contributed by atoms with Crippen LogP contribution in [0.15, 0.2) is 34.9 Å². The highest BCUT2D eigenvalue weighted by Crippen LogP contribution is 2.29. The van der Waals surface area contributed by atoms with E-state index in [4.69, 9.17) is 4.42 Å². The van der Waals surface area contributed by atoms with Gasteiger partial charge in [-0.25, -0.2) is 0 Å². The third-order valence-electron chi connectivity index (χ3n) is 2.36. The van der Waals surface area contributed by atoms with Crippen molar-refractivity contribution in [3.8, 4) is 11.4 Å². The van der Waals surface area contributed by atoms with Gasteiger partial charge in [-0.15, -0.1) is 0 Å². The molecule has 3 rings (SSSR count). The number of aromatic nitrogens is 2. The second-order valence-corrected chi connectivity index (χ2v) is 4.07. The molecule has 0 aliphatic rings. The minimum absolute atomic E-state index is 0.708. The molecule has 0 atom stereocenters. The second-order valence-electron chi connectivity index (χ2n) is 3.32. The van der Waals surface area contributed by atoms with Gasteiger partial charge in [-0.2, -0.15) is 9.36 Å². The fourth-order valence-corrected chi connectivity index (χ4v) is 2.12. The summed E-state index contributed by atoms with van der Waals surface area (Å²) in [7, 11) is 1.83. The van der Waals surface area contributed by atoms with Gasteiger partial charge in [0.1, 0.15) is 11.8 Å². The van der Waals surface area contributed by atoms with Crippen LogP contribution in [-0.4, -0.2) is 16.4 Å². The van der Waals surface area contributed by atoms with Crippen molar-refractivity contribution in [3.05, 3.63) is 30.5 Å². The molecular formula is C11H9N3OS. The summed E-state index contributed by atoms with van der Waals surface area (Å²) in [6.45, 7) is 0. The Hall–Kier alpha value is -1.88. The molecule has 0 aliphatic carbocycles. The topological polar surface area (TPSA) is 51.0 Å². The fourth-order valence-electron chi connectivity index (χ4n) is 1.59. The Balaban J connectivity index is 2.18. The van der Waals surface area contributed by atoms with Crippen LogP contribution in [0.3, 0.4) is 0 Å². The number of nitrogens with one attached hydrogen (secondary N) is 1. The molecule has 1 N–H and O–H groups in total. The van der Waals surface area contributed by atoms with Crippen molar-refractivity contribution in [2.24, 2.45) is 0 Å². The molecule has 2 heterocycles. The first-order chi connectivity index (χ1) is 7.88. The maximum Gasteiger partial charge on any atom is 0.202 e. The van der Waals surface area contributed by atoms with E-state index >= 15 is 0 Å². The first-order valence-electron chi connectivity index (χ1n) is 4.86. The summed E-state index contributed by atoms with van der Waals surface area (Å²) in [5.74, 6) is 0.708. The summed E-state index contributed by atoms with van der Waals surface area (Å²) >= 11 is 1.34. The Morgan fingerprint density at radius 3 is 3.00 bits per heavy atom. The summed E-state index contributed by atoms with van der Waals surface area (Å²) in [4.78, 5) is 4.36. The minimum Gasteiger partial charge on any atom is -0.464 e. The zero-order valence-corrected chi connectivity index (χ0v) is 9.41. The number of hydrogen-bond donors (Lipinski definition) is 1. The SMILES string of the molecule is CNc1nc(-c2coc3ccccc23)ns1. The van der Waals surface area contributed by atoms with E-state index in [1.54, 1.807) is 6.26 Å². The molecule has 0 bridgehead atoms. The summed E-state index contributed by atoms with van der Waals surface area (Å²) < 4.78 is 9.74. The first-order valence-corrected chi connectivity index (χ1v) is 5.64. The molecule has 0 amide bonds. The van der Waals surface area contributed by atoms with Gasteiger partial charge < -0.3 is 9.73 Å². The van der Waals surface area contributed by atoms with Gasteiger partial charge in [-0.1, -0.05) is 18.2 Å². The van der Waals surface area contributed by atoms with Gasteiger partial charge in [0.25, 0.3) is 0 Å². The fraction of sp³-hybridized carbons (Fsp3) is 0.0909. The second kappa shape index (κ2) is 3.61. The molecule has 0 radical (unpaired) electrons. The highest BCUT2D eigenvalue weighted by molar-refractivity contribution is 7.09. The predicted octanol–water partition coefficient (Wildman–Crippen LogP) is 2.99. The predicted molar refractivity (Wildman–Crippen MR) is 64.7 cm³/mol. The summed E-state index contributed by atoms with van der Waals surface area (Å²) in [6, 6.07) is 7.87. The molecule has 0 unspecified atom stereocenters. The smallest absolute Gasteiger partial charge is 0.202 e. The quantitative estimate of drug-likeness (QED) is 0.736. The van der Waals surface area contributed by atoms with Crippen molar-refractivity contribution < 1.29 is 4.42 Å². The maximum atomic E-state index is 5.45. The van der Waals surface area contributed by atoms with Gasteiger partial charge in [-0.05, 0) is 6.07 Å². The van der Waals surface area contributed by atoms with Crippen molar-refractivity contribution >= 4 is 27.6 Å². The highest BCUT2D eigenvalue weighted by atomic mass is 32.1. The number of furan rings is 1. The number of fused-ring (bicyclic) bond motifs is 1. The number of para-hydroxylation sites is 1. The Bertz CT molecular complexity index is 629. The summed E-state index contributed by atoms with van der Waals surface area (Å²) in [5, 5.41) is 4.82. The van der Waals surface area contributed by atoms with E-state index in [1.807, 2.05) is 31.3 Å². The standard InChI is InChI=1S/C11H9N3OS/c1-12-11-13-10(14-16-11)8-6-15-9-5-3-2-4-7(8)9/h2-6H,1H3,(H,12,13,14). The lowest BCUT2D eigenvalue weighted by Gasteiger charge is -1.90. The highest BCUT2D eigenvalue weighted by Gasteiger charge is 2.11. The molecule has 2 aromatic heterocycles. The molecule has 0 saturated heterocycles. The van der Waals surface area contributed by atoms with E-state index in [9.17, 15) is 0 Å².